The zero-order valence-corrected chi connectivity index (χ0v) is 18.4. The Balaban J connectivity index is 1.46. The Labute approximate surface area is 182 Å². The summed E-state index contributed by atoms with van der Waals surface area (Å²) in [6.45, 7) is 2.62. The fraction of sp³-hybridized carbons (Fsp3) is 0.364. The van der Waals surface area contributed by atoms with E-state index in [-0.39, 0.29) is 35.5 Å². The Morgan fingerprint density at radius 1 is 1.00 bits per heavy atom. The van der Waals surface area contributed by atoms with Gasteiger partial charge in [-0.05, 0) is 44.0 Å². The van der Waals surface area contributed by atoms with Gasteiger partial charge in [-0.2, -0.15) is 4.31 Å². The van der Waals surface area contributed by atoms with Gasteiger partial charge in [0.05, 0.1) is 4.90 Å². The molecule has 8 heteroatoms. The largest absolute Gasteiger partial charge is 0.353 e. The number of aryl methyl sites for hydroxylation is 1. The van der Waals surface area contributed by atoms with Crippen LogP contribution in [0.1, 0.15) is 41.6 Å². The number of ketones is 1. The van der Waals surface area contributed by atoms with Crippen LogP contribution in [-0.2, 0) is 14.8 Å². The molecule has 1 fully saturated rings. The van der Waals surface area contributed by atoms with Gasteiger partial charge in [0.15, 0.2) is 5.78 Å². The summed E-state index contributed by atoms with van der Waals surface area (Å²) in [4.78, 5) is 24.6. The minimum Gasteiger partial charge on any atom is -0.353 e. The molecule has 160 valence electrons. The zero-order chi connectivity index (χ0) is 21.7. The summed E-state index contributed by atoms with van der Waals surface area (Å²) in [6.07, 6.45) is 1.34. The first-order valence-electron chi connectivity index (χ1n) is 9.90. The fourth-order valence-corrected chi connectivity index (χ4v) is 5.00. The number of nitrogens with zero attached hydrogens (tertiary/aromatic N) is 1. The molecule has 1 aliphatic heterocycles. The minimum absolute atomic E-state index is 0.0611. The molecule has 2 aromatic rings. The number of Topliss-reactive ketones (excluding diaryl/α,β-unsaturated/α-hetero) is 1. The number of rotatable bonds is 7. The molecule has 0 bridgehead atoms. The van der Waals surface area contributed by atoms with E-state index >= 15 is 0 Å². The highest BCUT2D eigenvalue weighted by Crippen LogP contribution is 2.22. The van der Waals surface area contributed by atoms with Crippen LogP contribution in [0, 0.1) is 6.92 Å². The lowest BCUT2D eigenvalue weighted by Crippen LogP contribution is -2.46. The molecule has 1 heterocycles. The third-order valence-electron chi connectivity index (χ3n) is 5.22. The molecule has 1 aliphatic rings. The first kappa shape index (κ1) is 22.5. The topological polar surface area (TPSA) is 83.6 Å². The normalized spacial score (nSPS) is 15.7. The van der Waals surface area contributed by atoms with Gasteiger partial charge in [0.25, 0.3) is 0 Å². The van der Waals surface area contributed by atoms with Crippen molar-refractivity contribution in [3.8, 4) is 0 Å². The number of hydrogen-bond acceptors (Lipinski definition) is 4. The van der Waals surface area contributed by atoms with Crippen LogP contribution in [0.3, 0.4) is 0 Å². The maximum Gasteiger partial charge on any atom is 0.243 e. The summed E-state index contributed by atoms with van der Waals surface area (Å²) < 4.78 is 26.9. The standard InChI is InChI=1S/C22H25ClN2O4S/c1-16-2-4-17(5-3-16)21(26)10-11-22(27)24-19-12-14-25(15-13-19)30(28,29)20-8-6-18(23)7-9-20/h2-9,19H,10-15H2,1H3,(H,24,27). The number of carbonyl (C=O) groups is 2. The van der Waals surface area contributed by atoms with Gasteiger partial charge >= 0.3 is 0 Å². The Hall–Kier alpha value is -2.22. The molecule has 0 saturated carbocycles. The number of piperidine rings is 1. The van der Waals surface area contributed by atoms with Crippen LogP contribution >= 0.6 is 11.6 Å². The number of sulfonamides is 1. The van der Waals surface area contributed by atoms with Crippen LogP contribution in [0.4, 0.5) is 0 Å². The van der Waals surface area contributed by atoms with E-state index in [2.05, 4.69) is 5.32 Å². The van der Waals surface area contributed by atoms with Crippen molar-refractivity contribution >= 4 is 33.3 Å². The summed E-state index contributed by atoms with van der Waals surface area (Å²) >= 11 is 5.83. The molecule has 2 aromatic carbocycles. The molecule has 0 radical (unpaired) electrons. The molecular formula is C22H25ClN2O4S. The van der Waals surface area contributed by atoms with E-state index in [0.717, 1.165) is 5.56 Å². The van der Waals surface area contributed by atoms with Crippen LogP contribution in [0.5, 0.6) is 0 Å². The number of nitrogens with one attached hydrogen (secondary N) is 1. The SMILES string of the molecule is Cc1ccc(C(=O)CCC(=O)NC2CCN(S(=O)(=O)c3ccc(Cl)cc3)CC2)cc1. The Morgan fingerprint density at radius 3 is 2.20 bits per heavy atom. The predicted octanol–water partition coefficient (Wildman–Crippen LogP) is 3.58. The molecule has 0 aliphatic carbocycles. The van der Waals surface area contributed by atoms with Crippen LogP contribution in [0.15, 0.2) is 53.4 Å². The number of carbonyl (C=O) groups excluding carboxylic acids is 2. The predicted molar refractivity (Wildman–Crippen MR) is 116 cm³/mol. The van der Waals surface area contributed by atoms with E-state index in [4.69, 9.17) is 11.6 Å². The van der Waals surface area contributed by atoms with E-state index in [9.17, 15) is 18.0 Å². The van der Waals surface area contributed by atoms with Crippen LogP contribution < -0.4 is 5.32 Å². The van der Waals surface area contributed by atoms with Gasteiger partial charge in [-0.3, -0.25) is 9.59 Å². The number of hydrogen-bond donors (Lipinski definition) is 1. The average Bonchev–Trinajstić information content (AvgIpc) is 2.73. The number of halogens is 1. The molecule has 0 atom stereocenters. The van der Waals surface area contributed by atoms with Gasteiger partial charge in [-0.15, -0.1) is 0 Å². The lowest BCUT2D eigenvalue weighted by Gasteiger charge is -2.31. The van der Waals surface area contributed by atoms with Crippen molar-refractivity contribution < 1.29 is 18.0 Å². The monoisotopic (exact) mass is 448 g/mol. The summed E-state index contributed by atoms with van der Waals surface area (Å²) in [5.41, 5.74) is 1.68. The second-order valence-corrected chi connectivity index (χ2v) is 9.86. The van der Waals surface area contributed by atoms with Crippen LogP contribution in [-0.4, -0.2) is 43.5 Å². The molecule has 1 saturated heterocycles. The van der Waals surface area contributed by atoms with Crippen molar-refractivity contribution in [2.24, 2.45) is 0 Å². The minimum atomic E-state index is -3.57. The van der Waals surface area contributed by atoms with Crippen molar-refractivity contribution in [1.29, 1.82) is 0 Å². The molecule has 1 N–H and O–H groups in total. The van der Waals surface area contributed by atoms with E-state index in [1.807, 2.05) is 19.1 Å². The lowest BCUT2D eigenvalue weighted by atomic mass is 10.0. The molecule has 0 unspecified atom stereocenters. The molecule has 6 nitrogen and oxygen atoms in total. The molecule has 30 heavy (non-hydrogen) atoms. The zero-order valence-electron chi connectivity index (χ0n) is 16.8. The smallest absolute Gasteiger partial charge is 0.243 e. The van der Waals surface area contributed by atoms with Crippen LogP contribution in [0.25, 0.3) is 0 Å². The summed E-state index contributed by atoms with van der Waals surface area (Å²) in [7, 11) is -3.57. The van der Waals surface area contributed by atoms with Crippen LogP contribution in [0.2, 0.25) is 5.02 Å². The van der Waals surface area contributed by atoms with Gasteiger partial charge in [0.1, 0.15) is 0 Å². The van der Waals surface area contributed by atoms with Crippen molar-refractivity contribution in [3.63, 3.8) is 0 Å². The highest BCUT2D eigenvalue weighted by atomic mass is 35.5. The highest BCUT2D eigenvalue weighted by molar-refractivity contribution is 7.89. The first-order valence-corrected chi connectivity index (χ1v) is 11.7. The molecule has 1 amide bonds. The van der Waals surface area contributed by atoms with Gasteiger partial charge in [-0.25, -0.2) is 8.42 Å². The van der Waals surface area contributed by atoms with Crippen molar-refractivity contribution in [1.82, 2.24) is 9.62 Å². The van der Waals surface area contributed by atoms with Crippen molar-refractivity contribution in [2.45, 2.75) is 43.5 Å². The maximum absolute atomic E-state index is 12.7. The summed E-state index contributed by atoms with van der Waals surface area (Å²) in [5.74, 6) is -0.247. The van der Waals surface area contributed by atoms with E-state index in [1.54, 1.807) is 24.3 Å². The number of benzene rings is 2. The Bertz CT molecular complexity index is 996. The van der Waals surface area contributed by atoms with Gasteiger partial charge in [-0.1, -0.05) is 41.4 Å². The third kappa shape index (κ3) is 5.68. The quantitative estimate of drug-likeness (QED) is 0.656. The first-order chi connectivity index (χ1) is 14.3. The maximum atomic E-state index is 12.7. The second kappa shape index (κ2) is 9.73. The van der Waals surface area contributed by atoms with E-state index in [1.165, 1.54) is 16.4 Å². The second-order valence-electron chi connectivity index (χ2n) is 7.49. The van der Waals surface area contributed by atoms with Crippen molar-refractivity contribution in [2.75, 3.05) is 13.1 Å². The summed E-state index contributed by atoms with van der Waals surface area (Å²) in [6, 6.07) is 13.3. The lowest BCUT2D eigenvalue weighted by molar-refractivity contribution is -0.122. The van der Waals surface area contributed by atoms with Gasteiger partial charge in [0.2, 0.25) is 15.9 Å². The molecule has 0 aromatic heterocycles. The molecular weight excluding hydrogens is 424 g/mol. The third-order valence-corrected chi connectivity index (χ3v) is 7.39. The van der Waals surface area contributed by atoms with E-state index < -0.39 is 10.0 Å². The van der Waals surface area contributed by atoms with Gasteiger partial charge < -0.3 is 5.32 Å². The molecule has 0 spiro atoms. The highest BCUT2D eigenvalue weighted by Gasteiger charge is 2.29. The average molecular weight is 449 g/mol. The summed E-state index contributed by atoms with van der Waals surface area (Å²) in [5, 5.41) is 3.41. The van der Waals surface area contributed by atoms with Gasteiger partial charge in [0, 0.05) is 42.6 Å². The van der Waals surface area contributed by atoms with Crippen molar-refractivity contribution in [3.05, 3.63) is 64.7 Å². The molecule has 3 rings (SSSR count). The fourth-order valence-electron chi connectivity index (χ4n) is 3.41. The Kier molecular flexibility index (Phi) is 7.28. The Morgan fingerprint density at radius 2 is 1.60 bits per heavy atom. The number of amides is 1. The van der Waals surface area contributed by atoms with E-state index in [0.29, 0.717) is 36.5 Å².